The Morgan fingerprint density at radius 1 is 0.971 bits per heavy atom. The lowest BCUT2D eigenvalue weighted by Crippen LogP contribution is -2.49. The number of piperazine rings is 1. The summed E-state index contributed by atoms with van der Waals surface area (Å²) < 4.78 is 77.7. The molecule has 3 aromatic rings. The summed E-state index contributed by atoms with van der Waals surface area (Å²) in [6.45, 7) is 3.39. The van der Waals surface area contributed by atoms with Gasteiger partial charge in [-0.3, -0.25) is 4.90 Å². The minimum Gasteiger partial charge on any atom is -0.423 e. The lowest BCUT2D eigenvalue weighted by Gasteiger charge is -2.33. The van der Waals surface area contributed by atoms with E-state index in [4.69, 9.17) is 9.15 Å². The fraction of sp³-hybridized carbons (Fsp3) is 0.375. The fourth-order valence-electron chi connectivity index (χ4n) is 4.13. The van der Waals surface area contributed by atoms with Crippen LogP contribution in [0.25, 0.3) is 11.0 Å². The maximum atomic E-state index is 13.4. The van der Waals surface area contributed by atoms with Gasteiger partial charge in [-0.2, -0.15) is 17.5 Å². The van der Waals surface area contributed by atoms with E-state index in [1.165, 1.54) is 28.6 Å². The Balaban J connectivity index is 1.50. The Labute approximate surface area is 200 Å². The molecule has 35 heavy (non-hydrogen) atoms. The second-order valence-electron chi connectivity index (χ2n) is 8.37. The second kappa shape index (κ2) is 10.1. The standard InChI is InChI=1S/C24H25F3N2O5S/c1-33-13-12-28-8-10-29(11-9-28)35(31,32)19-5-2-17(3-6-19)14-18-4-7-22-20(15-18)21(24(25,26)27)16-23(30)34-22/h2-7,15-16H,8-14H2,1H3. The van der Waals surface area contributed by atoms with Crippen molar-refractivity contribution in [3.8, 4) is 0 Å². The largest absolute Gasteiger partial charge is 0.423 e. The van der Waals surface area contributed by atoms with Gasteiger partial charge in [0.1, 0.15) is 5.58 Å². The van der Waals surface area contributed by atoms with E-state index in [0.717, 1.165) is 12.1 Å². The summed E-state index contributed by atoms with van der Waals surface area (Å²) in [5.41, 5.74) is -0.948. The number of rotatable bonds is 7. The molecule has 1 aliphatic heterocycles. The van der Waals surface area contributed by atoms with Crippen molar-refractivity contribution in [2.45, 2.75) is 17.5 Å². The molecule has 4 rings (SSSR count). The zero-order valence-corrected chi connectivity index (χ0v) is 19.9. The Morgan fingerprint density at radius 3 is 2.26 bits per heavy atom. The molecule has 0 atom stereocenters. The van der Waals surface area contributed by atoms with E-state index in [-0.39, 0.29) is 22.3 Å². The molecule has 0 amide bonds. The SMILES string of the molecule is COCCN1CCN(S(=O)(=O)c2ccc(Cc3ccc4oc(=O)cc(C(F)(F)F)c4c3)cc2)CC1. The zero-order valence-electron chi connectivity index (χ0n) is 19.0. The van der Waals surface area contributed by atoms with Gasteiger partial charge in [-0.15, -0.1) is 0 Å². The van der Waals surface area contributed by atoms with Crippen LogP contribution >= 0.6 is 0 Å². The van der Waals surface area contributed by atoms with Gasteiger partial charge in [0.05, 0.1) is 17.1 Å². The maximum Gasteiger partial charge on any atom is 0.417 e. The van der Waals surface area contributed by atoms with Gasteiger partial charge in [0.2, 0.25) is 10.0 Å². The molecule has 0 spiro atoms. The first-order chi connectivity index (χ1) is 16.6. The summed E-state index contributed by atoms with van der Waals surface area (Å²) in [6, 6.07) is 11.1. The highest BCUT2D eigenvalue weighted by atomic mass is 32.2. The molecule has 0 saturated carbocycles. The average molecular weight is 511 g/mol. The number of sulfonamides is 1. The van der Waals surface area contributed by atoms with Crippen molar-refractivity contribution in [2.24, 2.45) is 0 Å². The van der Waals surface area contributed by atoms with Crippen LogP contribution in [0.5, 0.6) is 0 Å². The van der Waals surface area contributed by atoms with Crippen LogP contribution < -0.4 is 5.63 Å². The molecule has 0 N–H and O–H groups in total. The monoisotopic (exact) mass is 510 g/mol. The molecule has 1 saturated heterocycles. The number of benzene rings is 2. The summed E-state index contributed by atoms with van der Waals surface area (Å²) in [5, 5.41) is -0.196. The zero-order chi connectivity index (χ0) is 25.2. The van der Waals surface area contributed by atoms with Gasteiger partial charge in [0.15, 0.2) is 0 Å². The summed E-state index contributed by atoms with van der Waals surface area (Å²) >= 11 is 0. The predicted octanol–water partition coefficient (Wildman–Crippen LogP) is 3.36. The molecule has 2 heterocycles. The molecule has 0 aliphatic carbocycles. The molecule has 0 unspecified atom stereocenters. The normalized spacial score (nSPS) is 16.1. The van der Waals surface area contributed by atoms with E-state index in [2.05, 4.69) is 4.90 Å². The molecular weight excluding hydrogens is 485 g/mol. The maximum absolute atomic E-state index is 13.4. The number of ether oxygens (including phenoxy) is 1. The Kier molecular flexibility index (Phi) is 7.32. The number of methoxy groups -OCH3 is 1. The number of hydrogen-bond acceptors (Lipinski definition) is 6. The molecule has 188 valence electrons. The number of alkyl halides is 3. The summed E-state index contributed by atoms with van der Waals surface area (Å²) in [4.78, 5) is 13.8. The minimum absolute atomic E-state index is 0.141. The van der Waals surface area contributed by atoms with E-state index in [9.17, 15) is 26.4 Å². The van der Waals surface area contributed by atoms with Crippen molar-refractivity contribution in [3.05, 3.63) is 75.6 Å². The highest BCUT2D eigenvalue weighted by molar-refractivity contribution is 7.89. The molecule has 1 aromatic heterocycles. The smallest absolute Gasteiger partial charge is 0.417 e. The molecule has 1 aliphatic rings. The molecule has 1 fully saturated rings. The van der Waals surface area contributed by atoms with E-state index in [0.29, 0.717) is 44.4 Å². The van der Waals surface area contributed by atoms with Crippen molar-refractivity contribution in [1.82, 2.24) is 9.21 Å². The molecule has 0 bridgehead atoms. The van der Waals surface area contributed by atoms with E-state index >= 15 is 0 Å². The highest BCUT2D eigenvalue weighted by Crippen LogP contribution is 2.34. The van der Waals surface area contributed by atoms with Crippen molar-refractivity contribution >= 4 is 21.0 Å². The first-order valence-corrected chi connectivity index (χ1v) is 12.5. The van der Waals surface area contributed by atoms with Gasteiger partial charge < -0.3 is 9.15 Å². The molecule has 7 nitrogen and oxygen atoms in total. The Morgan fingerprint density at radius 2 is 1.63 bits per heavy atom. The molecule has 0 radical (unpaired) electrons. The third-order valence-corrected chi connectivity index (χ3v) is 7.94. The average Bonchev–Trinajstić information content (AvgIpc) is 2.82. The Hall–Kier alpha value is -2.73. The third-order valence-electron chi connectivity index (χ3n) is 6.02. The lowest BCUT2D eigenvalue weighted by molar-refractivity contribution is -0.136. The lowest BCUT2D eigenvalue weighted by atomic mass is 10.0. The summed E-state index contributed by atoms with van der Waals surface area (Å²) in [7, 11) is -2.01. The molecule has 2 aromatic carbocycles. The van der Waals surface area contributed by atoms with Gasteiger partial charge in [0, 0.05) is 51.3 Å². The van der Waals surface area contributed by atoms with Crippen molar-refractivity contribution < 1.29 is 30.7 Å². The van der Waals surface area contributed by atoms with Crippen molar-refractivity contribution in [1.29, 1.82) is 0 Å². The van der Waals surface area contributed by atoms with Gasteiger partial charge in [-0.05, 0) is 41.8 Å². The first kappa shape index (κ1) is 25.4. The van der Waals surface area contributed by atoms with Crippen LogP contribution in [-0.4, -0.2) is 64.1 Å². The van der Waals surface area contributed by atoms with Crippen LogP contribution in [0.2, 0.25) is 0 Å². The predicted molar refractivity (Wildman–Crippen MR) is 124 cm³/mol. The van der Waals surface area contributed by atoms with Crippen molar-refractivity contribution in [3.63, 3.8) is 0 Å². The number of hydrogen-bond donors (Lipinski definition) is 0. The van der Waals surface area contributed by atoms with E-state index < -0.39 is 27.4 Å². The van der Waals surface area contributed by atoms with Crippen LogP contribution in [0.15, 0.2) is 62.6 Å². The van der Waals surface area contributed by atoms with Crippen LogP contribution in [-0.2, 0) is 27.4 Å². The second-order valence-corrected chi connectivity index (χ2v) is 10.3. The minimum atomic E-state index is -4.70. The van der Waals surface area contributed by atoms with Gasteiger partial charge in [0.25, 0.3) is 0 Å². The number of halogens is 3. The first-order valence-electron chi connectivity index (χ1n) is 11.0. The van der Waals surface area contributed by atoms with Crippen LogP contribution in [0.3, 0.4) is 0 Å². The topological polar surface area (TPSA) is 80.1 Å². The van der Waals surface area contributed by atoms with Gasteiger partial charge in [-0.25, -0.2) is 13.2 Å². The number of nitrogens with zero attached hydrogens (tertiary/aromatic N) is 2. The quantitative estimate of drug-likeness (QED) is 0.454. The van der Waals surface area contributed by atoms with Crippen molar-refractivity contribution in [2.75, 3.05) is 46.4 Å². The molecular formula is C24H25F3N2O5S. The van der Waals surface area contributed by atoms with E-state index in [1.807, 2.05) is 0 Å². The van der Waals surface area contributed by atoms with Crippen LogP contribution in [0.4, 0.5) is 13.2 Å². The third kappa shape index (κ3) is 5.75. The van der Waals surface area contributed by atoms with Crippen LogP contribution in [0, 0.1) is 0 Å². The van der Waals surface area contributed by atoms with Crippen LogP contribution in [0.1, 0.15) is 16.7 Å². The van der Waals surface area contributed by atoms with E-state index in [1.54, 1.807) is 25.3 Å². The molecule has 11 heteroatoms. The highest BCUT2D eigenvalue weighted by Gasteiger charge is 2.34. The van der Waals surface area contributed by atoms with Gasteiger partial charge in [-0.1, -0.05) is 18.2 Å². The van der Waals surface area contributed by atoms with Gasteiger partial charge >= 0.3 is 11.8 Å². The summed E-state index contributed by atoms with van der Waals surface area (Å²) in [6.07, 6.45) is -4.41. The summed E-state index contributed by atoms with van der Waals surface area (Å²) in [5.74, 6) is 0. The Bertz CT molecular complexity index is 1350. The number of fused-ring (bicyclic) bond motifs is 1. The fourth-order valence-corrected chi connectivity index (χ4v) is 5.55.